The molecule has 0 saturated carbocycles. The van der Waals surface area contributed by atoms with Gasteiger partial charge in [0.2, 0.25) is 0 Å². The van der Waals surface area contributed by atoms with Gasteiger partial charge in [0.15, 0.2) is 5.76 Å². The molecule has 1 fully saturated rings. The molecular formula is C16H16N2O6S. The van der Waals surface area contributed by atoms with Gasteiger partial charge < -0.3 is 14.1 Å². The summed E-state index contributed by atoms with van der Waals surface area (Å²) in [7, 11) is 0. The first-order valence-electron chi connectivity index (χ1n) is 7.76. The van der Waals surface area contributed by atoms with Crippen LogP contribution in [0.3, 0.4) is 0 Å². The number of nitrogens with zero attached hydrogens (tertiary/aromatic N) is 2. The normalized spacial score (nSPS) is 15.1. The number of nitro groups is 1. The van der Waals surface area contributed by atoms with Gasteiger partial charge in [-0.3, -0.25) is 19.7 Å². The van der Waals surface area contributed by atoms with Gasteiger partial charge in [-0.05, 0) is 25.0 Å². The first-order valence-corrected chi connectivity index (χ1v) is 8.64. The zero-order valence-electron chi connectivity index (χ0n) is 13.3. The minimum absolute atomic E-state index is 0.0225. The summed E-state index contributed by atoms with van der Waals surface area (Å²) in [6.45, 7) is 0.946. The fourth-order valence-electron chi connectivity index (χ4n) is 2.68. The smallest absolute Gasteiger partial charge is 0.324 e. The number of esters is 1. The Labute approximate surface area is 147 Å². The maximum absolute atomic E-state index is 12.2. The van der Waals surface area contributed by atoms with Crippen LogP contribution in [0.2, 0.25) is 0 Å². The molecule has 0 N–H and O–H groups in total. The van der Waals surface area contributed by atoms with Crippen molar-refractivity contribution in [1.82, 2.24) is 4.90 Å². The van der Waals surface area contributed by atoms with E-state index in [4.69, 9.17) is 9.15 Å². The van der Waals surface area contributed by atoms with Gasteiger partial charge >= 0.3 is 11.0 Å². The molecule has 1 aliphatic heterocycles. The Morgan fingerprint density at radius 3 is 2.76 bits per heavy atom. The quantitative estimate of drug-likeness (QED) is 0.459. The average molecular weight is 364 g/mol. The van der Waals surface area contributed by atoms with Gasteiger partial charge in [0.25, 0.3) is 5.91 Å². The lowest BCUT2D eigenvalue weighted by molar-refractivity contribution is -0.380. The number of rotatable bonds is 5. The van der Waals surface area contributed by atoms with Gasteiger partial charge in [0, 0.05) is 30.1 Å². The Kier molecular flexibility index (Phi) is 5.13. The second-order valence-corrected chi connectivity index (χ2v) is 6.59. The molecule has 1 aliphatic rings. The number of furan rings is 1. The van der Waals surface area contributed by atoms with Crippen LogP contribution in [-0.4, -0.2) is 34.8 Å². The highest BCUT2D eigenvalue weighted by molar-refractivity contribution is 7.13. The van der Waals surface area contributed by atoms with Crippen molar-refractivity contribution in [1.29, 1.82) is 0 Å². The molecule has 1 amide bonds. The monoisotopic (exact) mass is 364 g/mol. The van der Waals surface area contributed by atoms with Crippen molar-refractivity contribution in [2.75, 3.05) is 13.1 Å². The zero-order valence-corrected chi connectivity index (χ0v) is 14.1. The average Bonchev–Trinajstić information content (AvgIpc) is 3.31. The second-order valence-electron chi connectivity index (χ2n) is 5.70. The van der Waals surface area contributed by atoms with Crippen molar-refractivity contribution in [2.45, 2.75) is 19.4 Å². The minimum atomic E-state index is -0.470. The van der Waals surface area contributed by atoms with Gasteiger partial charge in [-0.15, -0.1) is 0 Å². The molecule has 0 unspecified atom stereocenters. The topological polar surface area (TPSA) is 103 Å². The van der Waals surface area contributed by atoms with Crippen LogP contribution in [0.15, 0.2) is 34.3 Å². The van der Waals surface area contributed by atoms with E-state index >= 15 is 0 Å². The van der Waals surface area contributed by atoms with Crippen LogP contribution < -0.4 is 0 Å². The number of thiophene rings is 1. The predicted octanol–water partition coefficient (Wildman–Crippen LogP) is 2.84. The van der Waals surface area contributed by atoms with E-state index in [1.165, 1.54) is 12.3 Å². The molecule has 25 heavy (non-hydrogen) atoms. The van der Waals surface area contributed by atoms with E-state index in [9.17, 15) is 19.7 Å². The Morgan fingerprint density at radius 2 is 2.16 bits per heavy atom. The predicted molar refractivity (Wildman–Crippen MR) is 88.1 cm³/mol. The Bertz CT molecular complexity index is 761. The van der Waals surface area contributed by atoms with Crippen LogP contribution in [0.5, 0.6) is 0 Å². The molecule has 0 atom stereocenters. The first kappa shape index (κ1) is 17.2. The summed E-state index contributed by atoms with van der Waals surface area (Å²) in [5.41, 5.74) is 0.607. The number of piperidine rings is 1. The lowest BCUT2D eigenvalue weighted by Gasteiger charge is -2.30. The van der Waals surface area contributed by atoms with Crippen molar-refractivity contribution in [2.24, 2.45) is 5.92 Å². The molecule has 0 aliphatic carbocycles. The fraction of sp³-hybridized carbons (Fsp3) is 0.375. The Hall–Kier alpha value is -2.68. The SMILES string of the molecule is O=C(OCc1csc([N+](=O)[O-])c1)C1CCN(C(=O)c2ccco2)CC1. The van der Waals surface area contributed by atoms with Crippen molar-refractivity contribution >= 4 is 28.2 Å². The molecule has 9 heteroatoms. The van der Waals surface area contributed by atoms with Gasteiger partial charge in [0.1, 0.15) is 6.61 Å². The summed E-state index contributed by atoms with van der Waals surface area (Å²) in [6, 6.07) is 4.68. The van der Waals surface area contributed by atoms with Gasteiger partial charge in [0.05, 0.1) is 17.1 Å². The molecule has 0 radical (unpaired) electrons. The maximum atomic E-state index is 12.2. The van der Waals surface area contributed by atoms with Crippen molar-refractivity contribution in [3.05, 3.63) is 51.3 Å². The Balaban J connectivity index is 1.46. The number of hydrogen-bond donors (Lipinski definition) is 0. The van der Waals surface area contributed by atoms with Crippen LogP contribution in [-0.2, 0) is 16.1 Å². The lowest BCUT2D eigenvalue weighted by Crippen LogP contribution is -2.40. The van der Waals surface area contributed by atoms with Crippen molar-refractivity contribution in [3.63, 3.8) is 0 Å². The van der Waals surface area contributed by atoms with E-state index in [2.05, 4.69) is 0 Å². The summed E-state index contributed by atoms with van der Waals surface area (Å²) in [4.78, 5) is 36.1. The van der Waals surface area contributed by atoms with Crippen molar-refractivity contribution in [3.8, 4) is 0 Å². The van der Waals surface area contributed by atoms with Crippen LogP contribution in [0.1, 0.15) is 29.0 Å². The third-order valence-electron chi connectivity index (χ3n) is 4.05. The first-order chi connectivity index (χ1) is 12.0. The highest BCUT2D eigenvalue weighted by Gasteiger charge is 2.29. The Morgan fingerprint density at radius 1 is 1.40 bits per heavy atom. The van der Waals surface area contributed by atoms with E-state index in [0.717, 1.165) is 11.3 Å². The molecule has 0 aromatic carbocycles. The highest BCUT2D eigenvalue weighted by Crippen LogP contribution is 2.24. The molecule has 132 valence electrons. The molecule has 8 nitrogen and oxygen atoms in total. The molecule has 2 aromatic heterocycles. The molecular weight excluding hydrogens is 348 g/mol. The number of carbonyl (C=O) groups excluding carboxylic acids is 2. The molecule has 1 saturated heterocycles. The number of hydrogen-bond acceptors (Lipinski definition) is 7. The highest BCUT2D eigenvalue weighted by atomic mass is 32.1. The number of amides is 1. The third kappa shape index (κ3) is 4.05. The van der Waals surface area contributed by atoms with E-state index in [1.54, 1.807) is 22.4 Å². The maximum Gasteiger partial charge on any atom is 0.324 e. The van der Waals surface area contributed by atoms with E-state index < -0.39 is 4.92 Å². The molecule has 3 heterocycles. The lowest BCUT2D eigenvalue weighted by atomic mass is 9.97. The minimum Gasteiger partial charge on any atom is -0.461 e. The number of carbonyl (C=O) groups is 2. The largest absolute Gasteiger partial charge is 0.461 e. The summed E-state index contributed by atoms with van der Waals surface area (Å²) >= 11 is 1.00. The van der Waals surface area contributed by atoms with Crippen LogP contribution >= 0.6 is 11.3 Å². The standard InChI is InChI=1S/C16H16N2O6S/c19-15(13-2-1-7-23-13)17-5-3-12(4-6-17)16(20)24-9-11-8-14(18(21)22)25-10-11/h1-2,7-8,10,12H,3-6,9H2. The number of ether oxygens (including phenoxy) is 1. The summed E-state index contributed by atoms with van der Waals surface area (Å²) in [5.74, 6) is -0.490. The van der Waals surface area contributed by atoms with Crippen molar-refractivity contribution < 1.29 is 23.7 Å². The third-order valence-corrected chi connectivity index (χ3v) is 4.98. The van der Waals surface area contributed by atoms with Gasteiger partial charge in [-0.25, -0.2) is 0 Å². The van der Waals surface area contributed by atoms with E-state index in [1.807, 2.05) is 0 Å². The van der Waals surface area contributed by atoms with E-state index in [0.29, 0.717) is 37.3 Å². The molecule has 0 bridgehead atoms. The van der Waals surface area contributed by atoms with Crippen LogP contribution in [0.4, 0.5) is 5.00 Å². The summed E-state index contributed by atoms with van der Waals surface area (Å²) < 4.78 is 10.4. The zero-order chi connectivity index (χ0) is 17.8. The van der Waals surface area contributed by atoms with E-state index in [-0.39, 0.29) is 29.4 Å². The molecule has 2 aromatic rings. The second kappa shape index (κ2) is 7.47. The van der Waals surface area contributed by atoms with Gasteiger partial charge in [-0.2, -0.15) is 0 Å². The van der Waals surface area contributed by atoms with Crippen LogP contribution in [0.25, 0.3) is 0 Å². The summed E-state index contributed by atoms with van der Waals surface area (Å²) in [6.07, 6.45) is 2.50. The summed E-state index contributed by atoms with van der Waals surface area (Å²) in [5, 5.41) is 12.3. The van der Waals surface area contributed by atoms with Crippen LogP contribution in [0, 0.1) is 16.0 Å². The molecule has 0 spiro atoms. The fourth-order valence-corrected chi connectivity index (χ4v) is 3.39. The number of likely N-dealkylation sites (tertiary alicyclic amines) is 1. The molecule has 3 rings (SSSR count). The van der Waals surface area contributed by atoms with Gasteiger partial charge in [-0.1, -0.05) is 11.3 Å².